The average molecular weight is 541 g/mol. The fraction of sp³-hybridized carbons (Fsp3) is 0.188. The summed E-state index contributed by atoms with van der Waals surface area (Å²) in [6, 6.07) is 33.0. The Bertz CT molecular complexity index is 1380. The zero-order valence-corrected chi connectivity index (χ0v) is 22.2. The lowest BCUT2D eigenvalue weighted by Gasteiger charge is -2.29. The largest absolute Gasteiger partial charge is 0.504 e. The predicted molar refractivity (Wildman–Crippen MR) is 150 cm³/mol. The number of carbonyl (C=O) groups is 2. The Morgan fingerprint density at radius 3 is 1.80 bits per heavy atom. The highest BCUT2D eigenvalue weighted by atomic mass is 16.6. The van der Waals surface area contributed by atoms with E-state index in [1.807, 2.05) is 91.0 Å². The number of rotatable bonds is 12. The van der Waals surface area contributed by atoms with Crippen LogP contribution in [0.1, 0.15) is 29.2 Å². The Morgan fingerprint density at radius 1 is 0.700 bits per heavy atom. The molecule has 4 aromatic carbocycles. The van der Waals surface area contributed by atoms with Crippen LogP contribution in [0.15, 0.2) is 109 Å². The number of amides is 1. The smallest absolute Gasteiger partial charge is 0.421 e. The first-order valence-electron chi connectivity index (χ1n) is 12.8. The second-order valence-corrected chi connectivity index (χ2v) is 9.46. The van der Waals surface area contributed by atoms with Gasteiger partial charge in [0.15, 0.2) is 11.5 Å². The minimum Gasteiger partial charge on any atom is -0.504 e. The monoisotopic (exact) mass is 540 g/mol. The molecule has 8 heteroatoms. The van der Waals surface area contributed by atoms with Crippen molar-refractivity contribution < 1.29 is 28.9 Å². The predicted octanol–water partition coefficient (Wildman–Crippen LogP) is 5.45. The molecule has 0 bridgehead atoms. The summed E-state index contributed by atoms with van der Waals surface area (Å²) < 4.78 is 16.7. The summed E-state index contributed by atoms with van der Waals surface area (Å²) in [5, 5.41) is 10.4. The number of benzene rings is 4. The number of hydrogen-bond donors (Lipinski definition) is 3. The van der Waals surface area contributed by atoms with E-state index in [9.17, 15) is 14.7 Å². The molecule has 0 aliphatic rings. The number of phenols is 1. The third-order valence-corrected chi connectivity index (χ3v) is 6.14. The first kappa shape index (κ1) is 28.2. The van der Waals surface area contributed by atoms with Crippen LogP contribution in [-0.2, 0) is 40.5 Å². The van der Waals surface area contributed by atoms with Crippen molar-refractivity contribution in [3.63, 3.8) is 0 Å². The molecule has 40 heavy (non-hydrogen) atoms. The maximum Gasteiger partial charge on any atom is 0.421 e. The van der Waals surface area contributed by atoms with Gasteiger partial charge in [-0.25, -0.2) is 15.0 Å². The standard InChI is InChI=1S/C32H32N2O6/c1-32(30(36)39-22-25-13-7-3-8-14-25,34-33-31(37)40-23-26-15-9-4-10-16-26)20-27-17-18-28(35)29(19-27)38-21-24-11-5-2-6-12-24/h2-19,34-35H,20-23H2,1H3,(H,33,37). The fourth-order valence-electron chi connectivity index (χ4n) is 3.93. The van der Waals surface area contributed by atoms with E-state index in [0.717, 1.165) is 16.7 Å². The van der Waals surface area contributed by atoms with Gasteiger partial charge in [-0.15, -0.1) is 0 Å². The lowest BCUT2D eigenvalue weighted by atomic mass is 9.93. The zero-order valence-electron chi connectivity index (χ0n) is 22.2. The van der Waals surface area contributed by atoms with Gasteiger partial charge in [0.2, 0.25) is 0 Å². The van der Waals surface area contributed by atoms with Crippen LogP contribution in [0.25, 0.3) is 0 Å². The van der Waals surface area contributed by atoms with E-state index in [2.05, 4.69) is 10.9 Å². The van der Waals surface area contributed by atoms with E-state index >= 15 is 0 Å². The molecule has 0 spiro atoms. The number of phenolic OH excluding ortho intramolecular Hbond substituents is 1. The number of esters is 1. The van der Waals surface area contributed by atoms with Gasteiger partial charge in [0, 0.05) is 6.42 Å². The lowest BCUT2D eigenvalue weighted by molar-refractivity contribution is -0.152. The van der Waals surface area contributed by atoms with E-state index in [1.165, 1.54) is 6.07 Å². The normalized spacial score (nSPS) is 12.1. The highest BCUT2D eigenvalue weighted by Gasteiger charge is 2.36. The van der Waals surface area contributed by atoms with Crippen LogP contribution >= 0.6 is 0 Å². The van der Waals surface area contributed by atoms with Crippen molar-refractivity contribution in [1.29, 1.82) is 0 Å². The van der Waals surface area contributed by atoms with Crippen LogP contribution < -0.4 is 15.6 Å². The van der Waals surface area contributed by atoms with Gasteiger partial charge >= 0.3 is 12.1 Å². The molecule has 0 saturated carbocycles. The van der Waals surface area contributed by atoms with Crippen molar-refractivity contribution in [3.05, 3.63) is 131 Å². The third kappa shape index (κ3) is 8.34. The van der Waals surface area contributed by atoms with Gasteiger partial charge in [0.05, 0.1) is 0 Å². The number of nitrogens with one attached hydrogen (secondary N) is 2. The molecule has 1 unspecified atom stereocenters. The van der Waals surface area contributed by atoms with Crippen molar-refractivity contribution in [2.24, 2.45) is 0 Å². The van der Waals surface area contributed by atoms with Crippen molar-refractivity contribution in [2.45, 2.75) is 38.7 Å². The Morgan fingerprint density at radius 2 is 1.23 bits per heavy atom. The molecule has 0 aromatic heterocycles. The summed E-state index contributed by atoms with van der Waals surface area (Å²) in [5.41, 5.74) is 7.17. The molecule has 206 valence electrons. The second kappa shape index (κ2) is 13.8. The molecule has 4 aromatic rings. The van der Waals surface area contributed by atoms with Crippen LogP contribution in [0.4, 0.5) is 4.79 Å². The molecule has 3 N–H and O–H groups in total. The molecule has 0 aliphatic heterocycles. The molecule has 0 radical (unpaired) electrons. The molecule has 0 aliphatic carbocycles. The van der Waals surface area contributed by atoms with Gasteiger partial charge in [-0.05, 0) is 41.3 Å². The van der Waals surface area contributed by atoms with Crippen LogP contribution in [0, 0.1) is 0 Å². The van der Waals surface area contributed by atoms with Crippen molar-refractivity contribution >= 4 is 12.1 Å². The SMILES string of the molecule is CC(Cc1ccc(O)c(OCc2ccccc2)c1)(NNC(=O)OCc1ccccc1)C(=O)OCc1ccccc1. The summed E-state index contributed by atoms with van der Waals surface area (Å²) >= 11 is 0. The van der Waals surface area contributed by atoms with Crippen molar-refractivity contribution in [1.82, 2.24) is 10.9 Å². The number of hydrazine groups is 1. The van der Waals surface area contributed by atoms with E-state index in [0.29, 0.717) is 5.56 Å². The highest BCUT2D eigenvalue weighted by molar-refractivity contribution is 5.81. The van der Waals surface area contributed by atoms with E-state index in [1.54, 1.807) is 19.1 Å². The zero-order chi connectivity index (χ0) is 28.2. The Balaban J connectivity index is 1.45. The van der Waals surface area contributed by atoms with Crippen LogP contribution in [0.2, 0.25) is 0 Å². The average Bonchev–Trinajstić information content (AvgIpc) is 2.99. The molecule has 1 amide bonds. The Hall–Kier alpha value is -4.82. The summed E-state index contributed by atoms with van der Waals surface area (Å²) in [5.74, 6) is -0.334. The first-order chi connectivity index (χ1) is 19.4. The maximum absolute atomic E-state index is 13.3. The third-order valence-electron chi connectivity index (χ3n) is 6.14. The fourth-order valence-corrected chi connectivity index (χ4v) is 3.93. The Labute approximate surface area is 233 Å². The van der Waals surface area contributed by atoms with Gasteiger partial charge in [0.25, 0.3) is 0 Å². The minimum atomic E-state index is -1.38. The van der Waals surface area contributed by atoms with Gasteiger partial charge in [-0.3, -0.25) is 5.43 Å². The van der Waals surface area contributed by atoms with E-state index in [4.69, 9.17) is 14.2 Å². The number of aromatic hydroxyl groups is 1. The molecule has 0 fully saturated rings. The van der Waals surface area contributed by atoms with Gasteiger partial charge in [0.1, 0.15) is 25.4 Å². The quantitative estimate of drug-likeness (QED) is 0.162. The number of hydrogen-bond acceptors (Lipinski definition) is 7. The molecule has 1 atom stereocenters. The second-order valence-electron chi connectivity index (χ2n) is 9.46. The maximum atomic E-state index is 13.3. The summed E-state index contributed by atoms with van der Waals surface area (Å²) in [7, 11) is 0. The van der Waals surface area contributed by atoms with E-state index in [-0.39, 0.29) is 37.7 Å². The van der Waals surface area contributed by atoms with Crippen LogP contribution in [-0.4, -0.2) is 22.7 Å². The summed E-state index contributed by atoms with van der Waals surface area (Å²) in [6.07, 6.45) is -0.634. The first-order valence-corrected chi connectivity index (χ1v) is 12.8. The van der Waals surface area contributed by atoms with Gasteiger partial charge < -0.3 is 19.3 Å². The number of ether oxygens (including phenoxy) is 3. The molecule has 0 heterocycles. The molecular weight excluding hydrogens is 508 g/mol. The lowest BCUT2D eigenvalue weighted by Crippen LogP contribution is -2.59. The summed E-state index contributed by atoms with van der Waals surface area (Å²) in [4.78, 5) is 25.8. The summed E-state index contributed by atoms with van der Waals surface area (Å²) in [6.45, 7) is 2.02. The van der Waals surface area contributed by atoms with Crippen LogP contribution in [0.3, 0.4) is 0 Å². The van der Waals surface area contributed by atoms with E-state index < -0.39 is 17.6 Å². The van der Waals surface area contributed by atoms with Crippen molar-refractivity contribution in [3.8, 4) is 11.5 Å². The topological polar surface area (TPSA) is 106 Å². The Kier molecular flexibility index (Phi) is 9.74. The van der Waals surface area contributed by atoms with Crippen molar-refractivity contribution in [2.75, 3.05) is 0 Å². The van der Waals surface area contributed by atoms with Crippen LogP contribution in [0.5, 0.6) is 11.5 Å². The van der Waals surface area contributed by atoms with Gasteiger partial charge in [-0.2, -0.15) is 0 Å². The highest BCUT2D eigenvalue weighted by Crippen LogP contribution is 2.29. The molecule has 8 nitrogen and oxygen atoms in total. The van der Waals surface area contributed by atoms with Gasteiger partial charge in [-0.1, -0.05) is 97.1 Å². The molecule has 4 rings (SSSR count). The number of carbonyl (C=O) groups excluding carboxylic acids is 2. The molecule has 0 saturated heterocycles. The minimum absolute atomic E-state index is 0.0244. The molecular formula is C32H32N2O6.